The summed E-state index contributed by atoms with van der Waals surface area (Å²) in [6.07, 6.45) is 3.49. The van der Waals surface area contributed by atoms with Crippen LogP contribution in [-0.2, 0) is 13.1 Å². The number of aryl methyl sites for hydroxylation is 1. The molecule has 0 atom stereocenters. The molecule has 0 bridgehead atoms. The monoisotopic (exact) mass is 387 g/mol. The van der Waals surface area contributed by atoms with E-state index in [4.69, 9.17) is 23.2 Å². The maximum absolute atomic E-state index is 12.9. The van der Waals surface area contributed by atoms with Crippen LogP contribution >= 0.6 is 23.2 Å². The Bertz CT molecular complexity index is 1000. The number of rotatable bonds is 3. The summed E-state index contributed by atoms with van der Waals surface area (Å²) in [5, 5.41) is 0.817. The molecule has 2 aromatic heterocycles. The van der Waals surface area contributed by atoms with Crippen LogP contribution in [0.5, 0.6) is 0 Å². The lowest BCUT2D eigenvalue weighted by molar-refractivity contribution is 0.0683. The van der Waals surface area contributed by atoms with Crippen LogP contribution in [0.15, 0.2) is 36.7 Å². The summed E-state index contributed by atoms with van der Waals surface area (Å²) in [5.41, 5.74) is 3.11. The Morgan fingerprint density at radius 2 is 2.04 bits per heavy atom. The molecule has 6 nitrogen and oxygen atoms in total. The first kappa shape index (κ1) is 17.0. The van der Waals surface area contributed by atoms with E-state index in [0.29, 0.717) is 41.9 Å². The average Bonchev–Trinajstić information content (AvgIpc) is 3.04. The number of amides is 1. The van der Waals surface area contributed by atoms with Crippen molar-refractivity contribution in [1.82, 2.24) is 24.4 Å². The number of halogens is 2. The predicted molar refractivity (Wildman–Crippen MR) is 99.2 cm³/mol. The van der Waals surface area contributed by atoms with Crippen molar-refractivity contribution in [2.24, 2.45) is 0 Å². The molecule has 0 fully saturated rings. The van der Waals surface area contributed by atoms with Gasteiger partial charge in [0.1, 0.15) is 5.69 Å². The van der Waals surface area contributed by atoms with Gasteiger partial charge in [0.05, 0.1) is 5.69 Å². The second-order valence-electron chi connectivity index (χ2n) is 6.17. The Hall–Kier alpha value is -2.44. The summed E-state index contributed by atoms with van der Waals surface area (Å²) in [6.45, 7) is 3.67. The number of benzene rings is 1. The van der Waals surface area contributed by atoms with Gasteiger partial charge in [0.2, 0.25) is 5.28 Å². The molecule has 1 amide bonds. The Labute approximate surface area is 160 Å². The van der Waals surface area contributed by atoms with E-state index in [1.807, 2.05) is 42.0 Å². The molecule has 8 heteroatoms. The third-order valence-corrected chi connectivity index (χ3v) is 4.73. The van der Waals surface area contributed by atoms with Crippen molar-refractivity contribution in [3.05, 3.63) is 63.9 Å². The normalized spacial score (nSPS) is 13.8. The number of fused-ring (bicyclic) bond motifs is 1. The second-order valence-corrected chi connectivity index (χ2v) is 6.94. The molecule has 0 N–H and O–H groups in total. The zero-order chi connectivity index (χ0) is 18.3. The number of aromatic nitrogens is 4. The van der Waals surface area contributed by atoms with Crippen molar-refractivity contribution in [3.8, 4) is 11.4 Å². The van der Waals surface area contributed by atoms with Crippen molar-refractivity contribution in [2.45, 2.75) is 20.0 Å². The molecule has 3 aromatic rings. The molecule has 1 aliphatic heterocycles. The van der Waals surface area contributed by atoms with E-state index in [1.54, 1.807) is 11.1 Å². The first-order valence-corrected chi connectivity index (χ1v) is 8.87. The molecule has 0 saturated heterocycles. The molecule has 0 saturated carbocycles. The van der Waals surface area contributed by atoms with Crippen LogP contribution in [0, 0.1) is 6.92 Å². The number of hydrogen-bond donors (Lipinski definition) is 0. The van der Waals surface area contributed by atoms with E-state index < -0.39 is 0 Å². The third-order valence-electron chi connectivity index (χ3n) is 4.31. The zero-order valence-electron chi connectivity index (χ0n) is 14.0. The van der Waals surface area contributed by atoms with E-state index >= 15 is 0 Å². The van der Waals surface area contributed by atoms with Crippen LogP contribution in [0.2, 0.25) is 10.3 Å². The topological polar surface area (TPSA) is 63.9 Å². The third kappa shape index (κ3) is 3.18. The first-order chi connectivity index (χ1) is 12.5. The molecular weight excluding hydrogens is 373 g/mol. The van der Waals surface area contributed by atoms with Crippen LogP contribution in [0.3, 0.4) is 0 Å². The highest BCUT2D eigenvalue weighted by Crippen LogP contribution is 2.24. The summed E-state index contributed by atoms with van der Waals surface area (Å²) < 4.78 is 1.86. The predicted octanol–water partition coefficient (Wildman–Crippen LogP) is 3.61. The van der Waals surface area contributed by atoms with Gasteiger partial charge in [0.25, 0.3) is 5.91 Å². The maximum Gasteiger partial charge on any atom is 0.290 e. The van der Waals surface area contributed by atoms with E-state index in [1.165, 1.54) is 0 Å². The molecule has 0 radical (unpaired) electrons. The molecule has 1 aliphatic rings. The number of carbonyl (C=O) groups is 1. The molecule has 26 heavy (non-hydrogen) atoms. The van der Waals surface area contributed by atoms with Gasteiger partial charge in [-0.15, -0.1) is 0 Å². The second kappa shape index (κ2) is 6.70. The van der Waals surface area contributed by atoms with Gasteiger partial charge in [0, 0.05) is 37.1 Å². The molecule has 132 valence electrons. The van der Waals surface area contributed by atoms with Crippen LogP contribution < -0.4 is 0 Å². The molecule has 0 spiro atoms. The number of hydrogen-bond acceptors (Lipinski definition) is 4. The van der Waals surface area contributed by atoms with Crippen LogP contribution in [-0.4, -0.2) is 36.9 Å². The smallest absolute Gasteiger partial charge is 0.290 e. The summed E-state index contributed by atoms with van der Waals surface area (Å²) in [5.74, 6) is 0.294. The quantitative estimate of drug-likeness (QED) is 0.643. The minimum Gasteiger partial charge on any atom is -0.330 e. The fourth-order valence-electron chi connectivity index (χ4n) is 3.03. The van der Waals surface area contributed by atoms with Crippen molar-refractivity contribution < 1.29 is 4.79 Å². The van der Waals surface area contributed by atoms with E-state index in [9.17, 15) is 4.79 Å². The van der Waals surface area contributed by atoms with Crippen molar-refractivity contribution in [3.63, 3.8) is 0 Å². The Morgan fingerprint density at radius 3 is 2.85 bits per heavy atom. The van der Waals surface area contributed by atoms with Gasteiger partial charge in [-0.25, -0.2) is 15.0 Å². The minimum absolute atomic E-state index is 0.111. The van der Waals surface area contributed by atoms with Crippen molar-refractivity contribution in [1.29, 1.82) is 0 Å². The van der Waals surface area contributed by atoms with E-state index in [2.05, 4.69) is 15.0 Å². The van der Waals surface area contributed by atoms with Crippen LogP contribution in [0.25, 0.3) is 11.4 Å². The van der Waals surface area contributed by atoms with Gasteiger partial charge in [0.15, 0.2) is 5.82 Å². The highest BCUT2D eigenvalue weighted by molar-refractivity contribution is 6.30. The molecule has 0 unspecified atom stereocenters. The minimum atomic E-state index is -0.111. The van der Waals surface area contributed by atoms with Crippen LogP contribution in [0.1, 0.15) is 21.7 Å². The average molecular weight is 388 g/mol. The highest BCUT2D eigenvalue weighted by Gasteiger charge is 2.27. The molecule has 3 heterocycles. The fraction of sp³-hybridized carbons (Fsp3) is 0.222. The summed E-state index contributed by atoms with van der Waals surface area (Å²) >= 11 is 11.9. The van der Waals surface area contributed by atoms with Gasteiger partial charge in [-0.05, 0) is 41.8 Å². The standard InChI is InChI=1S/C18H15Cl2N5O/c1-11-8-21-18(20)23-15(11)14-10-24-5-6-25(17(26)16(24)22-14)9-12-3-2-4-13(19)7-12/h2-4,7-8,10H,5-6,9H2,1H3. The molecular formula is C18H15Cl2N5O. The Morgan fingerprint density at radius 1 is 1.19 bits per heavy atom. The molecule has 4 rings (SSSR count). The molecule has 0 aliphatic carbocycles. The van der Waals surface area contributed by atoms with Gasteiger partial charge in [-0.2, -0.15) is 0 Å². The highest BCUT2D eigenvalue weighted by atomic mass is 35.5. The Balaban J connectivity index is 1.63. The lowest BCUT2D eigenvalue weighted by Gasteiger charge is -2.27. The van der Waals surface area contributed by atoms with E-state index in [-0.39, 0.29) is 11.2 Å². The Kier molecular flexibility index (Phi) is 4.38. The summed E-state index contributed by atoms with van der Waals surface area (Å²) in [4.78, 5) is 27.3. The summed E-state index contributed by atoms with van der Waals surface area (Å²) in [6, 6.07) is 7.52. The van der Waals surface area contributed by atoms with Gasteiger partial charge >= 0.3 is 0 Å². The maximum atomic E-state index is 12.9. The summed E-state index contributed by atoms with van der Waals surface area (Å²) in [7, 11) is 0. The lowest BCUT2D eigenvalue weighted by Crippen LogP contribution is -2.39. The van der Waals surface area contributed by atoms with Gasteiger partial charge in [-0.1, -0.05) is 23.7 Å². The first-order valence-electron chi connectivity index (χ1n) is 8.11. The van der Waals surface area contributed by atoms with E-state index in [0.717, 1.165) is 11.1 Å². The number of nitrogens with zero attached hydrogens (tertiary/aromatic N) is 5. The van der Waals surface area contributed by atoms with Gasteiger partial charge < -0.3 is 9.47 Å². The van der Waals surface area contributed by atoms with Crippen LogP contribution in [0.4, 0.5) is 0 Å². The fourth-order valence-corrected chi connectivity index (χ4v) is 3.38. The van der Waals surface area contributed by atoms with Crippen molar-refractivity contribution >= 4 is 29.1 Å². The van der Waals surface area contributed by atoms with Gasteiger partial charge in [-0.3, -0.25) is 4.79 Å². The lowest BCUT2D eigenvalue weighted by atomic mass is 10.2. The van der Waals surface area contributed by atoms with Crippen molar-refractivity contribution in [2.75, 3.05) is 6.54 Å². The number of imidazole rings is 1. The molecule has 1 aromatic carbocycles. The largest absolute Gasteiger partial charge is 0.330 e. The zero-order valence-corrected chi connectivity index (χ0v) is 15.5. The SMILES string of the molecule is Cc1cnc(Cl)nc1-c1cn2c(n1)C(=O)N(Cc1cccc(Cl)c1)CC2. The number of carbonyl (C=O) groups excluding carboxylic acids is 1.